The molecule has 0 saturated heterocycles. The molecular formula is C34H23N3S. The van der Waals surface area contributed by atoms with Gasteiger partial charge >= 0.3 is 0 Å². The third-order valence-electron chi connectivity index (χ3n) is 8.54. The predicted octanol–water partition coefficient (Wildman–Crippen LogP) is 9.11. The van der Waals surface area contributed by atoms with Gasteiger partial charge in [0.25, 0.3) is 0 Å². The van der Waals surface area contributed by atoms with Gasteiger partial charge in [0, 0.05) is 37.9 Å². The lowest BCUT2D eigenvalue weighted by Gasteiger charge is -2.22. The molecule has 3 nitrogen and oxygen atoms in total. The van der Waals surface area contributed by atoms with Crippen LogP contribution in [0, 0.1) is 0 Å². The summed E-state index contributed by atoms with van der Waals surface area (Å²) in [7, 11) is 0. The van der Waals surface area contributed by atoms with Crippen LogP contribution in [0.15, 0.2) is 103 Å². The molecule has 38 heavy (non-hydrogen) atoms. The summed E-state index contributed by atoms with van der Waals surface area (Å²) < 4.78 is 5.86. The molecule has 0 radical (unpaired) electrons. The minimum Gasteiger partial charge on any atom is -0.299 e. The molecule has 0 unspecified atom stereocenters. The number of aromatic nitrogens is 3. The lowest BCUT2D eigenvalue weighted by atomic mass is 9.80. The SMILES string of the molecule is CC1(C)c2ccccc2-c2ccc3c(c21)c1c2ccccc2sc1n3-c1cccn2nc3ccccc3c12. The Hall–Kier alpha value is -4.41. The number of hydrogen-bond acceptors (Lipinski definition) is 2. The van der Waals surface area contributed by atoms with Crippen LogP contribution in [0.2, 0.25) is 0 Å². The van der Waals surface area contributed by atoms with E-state index in [2.05, 4.69) is 122 Å². The van der Waals surface area contributed by atoms with Crippen molar-refractivity contribution in [3.63, 3.8) is 0 Å². The highest BCUT2D eigenvalue weighted by atomic mass is 32.1. The molecular weight excluding hydrogens is 482 g/mol. The molecule has 4 aromatic heterocycles. The van der Waals surface area contributed by atoms with E-state index in [1.54, 1.807) is 0 Å². The maximum Gasteiger partial charge on any atom is 0.109 e. The molecule has 0 fully saturated rings. The summed E-state index contributed by atoms with van der Waals surface area (Å²) in [6, 6.07) is 35.3. The van der Waals surface area contributed by atoms with Crippen molar-refractivity contribution in [3.05, 3.63) is 114 Å². The molecule has 1 aliphatic carbocycles. The monoisotopic (exact) mass is 505 g/mol. The first-order valence-electron chi connectivity index (χ1n) is 13.1. The van der Waals surface area contributed by atoms with E-state index in [4.69, 9.17) is 5.10 Å². The van der Waals surface area contributed by atoms with Crippen molar-refractivity contribution in [2.45, 2.75) is 19.3 Å². The maximum atomic E-state index is 4.90. The van der Waals surface area contributed by atoms with Crippen molar-refractivity contribution in [3.8, 4) is 16.8 Å². The van der Waals surface area contributed by atoms with E-state index >= 15 is 0 Å². The van der Waals surface area contributed by atoms with Gasteiger partial charge in [-0.15, -0.1) is 11.3 Å². The summed E-state index contributed by atoms with van der Waals surface area (Å²) >= 11 is 1.89. The van der Waals surface area contributed by atoms with Gasteiger partial charge in [0.1, 0.15) is 4.83 Å². The second-order valence-electron chi connectivity index (χ2n) is 10.9. The van der Waals surface area contributed by atoms with E-state index in [1.165, 1.54) is 64.5 Å². The van der Waals surface area contributed by atoms with Crippen LogP contribution in [-0.2, 0) is 5.41 Å². The zero-order chi connectivity index (χ0) is 25.2. The molecule has 4 heteroatoms. The van der Waals surface area contributed by atoms with Gasteiger partial charge in [0.05, 0.1) is 22.2 Å². The lowest BCUT2D eigenvalue weighted by Crippen LogP contribution is -2.15. The van der Waals surface area contributed by atoms with E-state index in [9.17, 15) is 0 Å². The smallest absolute Gasteiger partial charge is 0.109 e. The fourth-order valence-corrected chi connectivity index (χ4v) is 8.21. The van der Waals surface area contributed by atoms with Gasteiger partial charge in [-0.3, -0.25) is 4.57 Å². The van der Waals surface area contributed by atoms with Crippen LogP contribution in [0.1, 0.15) is 25.0 Å². The second kappa shape index (κ2) is 6.91. The van der Waals surface area contributed by atoms with Crippen molar-refractivity contribution in [1.29, 1.82) is 0 Å². The van der Waals surface area contributed by atoms with E-state index in [-0.39, 0.29) is 5.41 Å². The molecule has 180 valence electrons. The molecule has 9 rings (SSSR count). The lowest BCUT2D eigenvalue weighted by molar-refractivity contribution is 0.666. The van der Waals surface area contributed by atoms with Gasteiger partial charge in [-0.05, 0) is 52.6 Å². The maximum absolute atomic E-state index is 4.90. The highest BCUT2D eigenvalue weighted by Gasteiger charge is 2.38. The zero-order valence-corrected chi connectivity index (χ0v) is 21.9. The number of rotatable bonds is 1. The second-order valence-corrected chi connectivity index (χ2v) is 11.9. The fourth-order valence-electron chi connectivity index (χ4n) is 6.97. The minimum atomic E-state index is -0.0943. The molecule has 0 amide bonds. The van der Waals surface area contributed by atoms with Crippen LogP contribution in [0.3, 0.4) is 0 Å². The summed E-state index contributed by atoms with van der Waals surface area (Å²) in [5, 5.41) is 10.2. The molecule has 4 heterocycles. The molecule has 0 aliphatic heterocycles. The average molecular weight is 506 g/mol. The van der Waals surface area contributed by atoms with Gasteiger partial charge in [0.2, 0.25) is 0 Å². The summed E-state index contributed by atoms with van der Waals surface area (Å²) in [6.07, 6.45) is 2.06. The van der Waals surface area contributed by atoms with Gasteiger partial charge in [-0.1, -0.05) is 80.6 Å². The van der Waals surface area contributed by atoms with Crippen molar-refractivity contribution >= 4 is 59.0 Å². The van der Waals surface area contributed by atoms with Crippen molar-refractivity contribution in [2.75, 3.05) is 0 Å². The number of fused-ring (bicyclic) bond motifs is 12. The van der Waals surface area contributed by atoms with Crippen LogP contribution in [0.4, 0.5) is 0 Å². The standard InChI is InChI=1S/C34H23N3S/c1-34(2)24-13-6-3-10-20(24)21-17-18-26-30(31(21)34)29-23-12-5-8-16-28(23)38-33(29)37(26)27-15-9-19-36-32(27)22-11-4-7-14-25(22)35-36/h3-19H,1-2H3. The Morgan fingerprint density at radius 2 is 1.50 bits per heavy atom. The van der Waals surface area contributed by atoms with Gasteiger partial charge in [-0.25, -0.2) is 4.52 Å². The fraction of sp³-hybridized carbons (Fsp3) is 0.0882. The third-order valence-corrected chi connectivity index (χ3v) is 9.69. The molecule has 0 spiro atoms. The predicted molar refractivity (Wildman–Crippen MR) is 160 cm³/mol. The molecule has 8 aromatic rings. The quantitative estimate of drug-likeness (QED) is 0.218. The Kier molecular flexibility index (Phi) is 3.75. The molecule has 0 N–H and O–H groups in total. The molecule has 0 saturated carbocycles. The van der Waals surface area contributed by atoms with E-state index in [0.717, 1.165) is 11.0 Å². The summed E-state index contributed by atoms with van der Waals surface area (Å²) in [5.41, 5.74) is 10.1. The van der Waals surface area contributed by atoms with Crippen LogP contribution in [-0.4, -0.2) is 14.2 Å². The van der Waals surface area contributed by atoms with Crippen molar-refractivity contribution in [1.82, 2.24) is 14.2 Å². The number of nitrogens with zero attached hydrogens (tertiary/aromatic N) is 3. The summed E-state index contributed by atoms with van der Waals surface area (Å²) in [6.45, 7) is 4.78. The first-order valence-corrected chi connectivity index (χ1v) is 13.9. The normalized spacial score (nSPS) is 14.3. The van der Waals surface area contributed by atoms with Gasteiger partial charge in [-0.2, -0.15) is 5.10 Å². The number of pyridine rings is 1. The van der Waals surface area contributed by atoms with Crippen LogP contribution < -0.4 is 0 Å². The highest BCUT2D eigenvalue weighted by molar-refractivity contribution is 7.25. The van der Waals surface area contributed by atoms with Crippen molar-refractivity contribution in [2.24, 2.45) is 0 Å². The highest BCUT2D eigenvalue weighted by Crippen LogP contribution is 2.55. The van der Waals surface area contributed by atoms with Crippen LogP contribution in [0.5, 0.6) is 0 Å². The van der Waals surface area contributed by atoms with Gasteiger partial charge < -0.3 is 0 Å². The zero-order valence-electron chi connectivity index (χ0n) is 21.1. The average Bonchev–Trinajstić information content (AvgIpc) is 3.65. The Morgan fingerprint density at radius 1 is 0.711 bits per heavy atom. The Balaban J connectivity index is 1.53. The number of benzene rings is 4. The Labute approximate surface area is 223 Å². The van der Waals surface area contributed by atoms with Gasteiger partial charge in [0.15, 0.2) is 0 Å². The minimum absolute atomic E-state index is 0.0943. The molecule has 4 aromatic carbocycles. The Bertz CT molecular complexity index is 2270. The van der Waals surface area contributed by atoms with E-state index < -0.39 is 0 Å². The summed E-state index contributed by atoms with van der Waals surface area (Å²) in [4.78, 5) is 1.29. The number of hydrogen-bond donors (Lipinski definition) is 0. The molecule has 1 aliphatic rings. The van der Waals surface area contributed by atoms with E-state index in [1.807, 2.05) is 15.9 Å². The number of thiophene rings is 1. The third kappa shape index (κ3) is 2.37. The first kappa shape index (κ1) is 20.6. The van der Waals surface area contributed by atoms with Crippen LogP contribution >= 0.6 is 11.3 Å². The largest absolute Gasteiger partial charge is 0.299 e. The Morgan fingerprint density at radius 3 is 2.42 bits per heavy atom. The topological polar surface area (TPSA) is 22.2 Å². The molecule has 0 bridgehead atoms. The summed E-state index contributed by atoms with van der Waals surface area (Å²) in [5.74, 6) is 0. The van der Waals surface area contributed by atoms with E-state index in [0.29, 0.717) is 0 Å². The first-order chi connectivity index (χ1) is 18.6. The molecule has 0 atom stereocenters. The van der Waals surface area contributed by atoms with Crippen molar-refractivity contribution < 1.29 is 0 Å². The van der Waals surface area contributed by atoms with Crippen LogP contribution in [0.25, 0.3) is 64.4 Å².